The zero-order valence-corrected chi connectivity index (χ0v) is 11.3. The summed E-state index contributed by atoms with van der Waals surface area (Å²) >= 11 is 2.05. The van der Waals surface area contributed by atoms with Crippen LogP contribution in [0.4, 0.5) is 4.39 Å². The van der Waals surface area contributed by atoms with Gasteiger partial charge in [0, 0.05) is 22.0 Å². The second-order valence-corrected chi connectivity index (χ2v) is 7.05. The van der Waals surface area contributed by atoms with Crippen molar-refractivity contribution in [3.8, 4) is 0 Å². The van der Waals surface area contributed by atoms with Gasteiger partial charge in [-0.2, -0.15) is 11.8 Å². The van der Waals surface area contributed by atoms with Crippen LogP contribution < -0.4 is 0 Å². The average Bonchev–Trinajstić information content (AvgIpc) is 2.70. The summed E-state index contributed by atoms with van der Waals surface area (Å²) in [6, 6.07) is 4.53. The molecule has 2 heterocycles. The van der Waals surface area contributed by atoms with Gasteiger partial charge in [0.2, 0.25) is 0 Å². The summed E-state index contributed by atoms with van der Waals surface area (Å²) in [7, 11) is 0. The molecular weight excluding hydrogens is 247 g/mol. The molecule has 2 unspecified atom stereocenters. The lowest BCUT2D eigenvalue weighted by Gasteiger charge is -2.26. The van der Waals surface area contributed by atoms with Gasteiger partial charge in [-0.15, -0.1) is 0 Å². The fourth-order valence-electron chi connectivity index (χ4n) is 3.15. The molecule has 0 N–H and O–H groups in total. The number of aryl methyl sites for hydroxylation is 1. The Bertz CT molecular complexity index is 473. The summed E-state index contributed by atoms with van der Waals surface area (Å²) < 4.78 is 13.3. The molecule has 2 aliphatic heterocycles. The van der Waals surface area contributed by atoms with Crippen molar-refractivity contribution in [2.75, 3.05) is 0 Å². The number of thioether (sulfide) groups is 1. The Kier molecular flexibility index (Phi) is 3.18. The zero-order valence-electron chi connectivity index (χ0n) is 10.5. The highest BCUT2D eigenvalue weighted by atomic mass is 32.2. The lowest BCUT2D eigenvalue weighted by atomic mass is 9.88. The minimum Gasteiger partial charge on any atom is -0.294 e. The van der Waals surface area contributed by atoms with Crippen LogP contribution in [0.15, 0.2) is 18.2 Å². The number of Topliss-reactive ketones (excluding diaryl/α,β-unsaturated/α-hetero) is 1. The van der Waals surface area contributed by atoms with Gasteiger partial charge in [-0.3, -0.25) is 4.79 Å². The number of ketones is 1. The maximum Gasteiger partial charge on any atom is 0.166 e. The van der Waals surface area contributed by atoms with Crippen molar-refractivity contribution in [1.29, 1.82) is 0 Å². The van der Waals surface area contributed by atoms with Crippen LogP contribution in [0.1, 0.15) is 41.6 Å². The standard InChI is InChI=1S/C15H17FOS/c1-9-2-3-11(16)8-14(9)15(17)10-6-12-4-5-13(7-10)18-12/h2-3,8,10,12-13H,4-7H2,1H3. The number of rotatable bonds is 2. The van der Waals surface area contributed by atoms with Gasteiger partial charge in [0.15, 0.2) is 5.78 Å². The summed E-state index contributed by atoms with van der Waals surface area (Å²) in [4.78, 5) is 12.5. The van der Waals surface area contributed by atoms with E-state index in [1.165, 1.54) is 25.0 Å². The number of hydrogen-bond donors (Lipinski definition) is 0. The Balaban J connectivity index is 1.84. The first-order valence-electron chi connectivity index (χ1n) is 6.59. The fraction of sp³-hybridized carbons (Fsp3) is 0.533. The van der Waals surface area contributed by atoms with E-state index in [9.17, 15) is 9.18 Å². The molecular formula is C15H17FOS. The molecule has 96 valence electrons. The summed E-state index contributed by atoms with van der Waals surface area (Å²) in [5, 5.41) is 1.32. The van der Waals surface area contributed by atoms with Crippen molar-refractivity contribution in [3.05, 3.63) is 35.1 Å². The third-order valence-corrected chi connectivity index (χ3v) is 5.75. The van der Waals surface area contributed by atoms with Gasteiger partial charge >= 0.3 is 0 Å². The minimum absolute atomic E-state index is 0.115. The number of benzene rings is 1. The molecule has 2 aliphatic rings. The molecule has 0 aromatic heterocycles. The third-order valence-electron chi connectivity index (χ3n) is 4.13. The monoisotopic (exact) mass is 264 g/mol. The van der Waals surface area contributed by atoms with E-state index < -0.39 is 0 Å². The Morgan fingerprint density at radius 3 is 2.61 bits per heavy atom. The van der Waals surface area contributed by atoms with Crippen molar-refractivity contribution >= 4 is 17.5 Å². The quantitative estimate of drug-likeness (QED) is 0.751. The zero-order chi connectivity index (χ0) is 12.7. The summed E-state index contributed by atoms with van der Waals surface area (Å²) in [6.45, 7) is 1.89. The second kappa shape index (κ2) is 4.69. The highest BCUT2D eigenvalue weighted by Gasteiger charge is 2.38. The number of carbonyl (C=O) groups excluding carboxylic acids is 1. The molecule has 0 radical (unpaired) electrons. The van der Waals surface area contributed by atoms with Gasteiger partial charge in [0.1, 0.15) is 5.82 Å². The van der Waals surface area contributed by atoms with E-state index in [1.807, 2.05) is 18.7 Å². The third kappa shape index (κ3) is 2.20. The summed E-state index contributed by atoms with van der Waals surface area (Å²) in [5.41, 5.74) is 1.48. The van der Waals surface area contributed by atoms with Gasteiger partial charge in [-0.25, -0.2) is 4.39 Å². The molecule has 2 bridgehead atoms. The molecule has 2 atom stereocenters. The first-order chi connectivity index (χ1) is 8.63. The van der Waals surface area contributed by atoms with Crippen LogP contribution in [-0.4, -0.2) is 16.3 Å². The highest BCUT2D eigenvalue weighted by molar-refractivity contribution is 8.00. The van der Waals surface area contributed by atoms with Gasteiger partial charge < -0.3 is 0 Å². The smallest absolute Gasteiger partial charge is 0.166 e. The molecule has 0 saturated carbocycles. The number of fused-ring (bicyclic) bond motifs is 2. The largest absolute Gasteiger partial charge is 0.294 e. The van der Waals surface area contributed by atoms with Crippen molar-refractivity contribution in [1.82, 2.24) is 0 Å². The molecule has 3 heteroatoms. The van der Waals surface area contributed by atoms with Crippen molar-refractivity contribution in [2.45, 2.75) is 43.1 Å². The fourth-order valence-corrected chi connectivity index (χ4v) is 4.93. The van der Waals surface area contributed by atoms with Gasteiger partial charge in [0.25, 0.3) is 0 Å². The molecule has 3 rings (SSSR count). The molecule has 2 fully saturated rings. The predicted octanol–water partition coefficient (Wildman–Crippen LogP) is 3.99. The van der Waals surface area contributed by atoms with Crippen LogP contribution in [-0.2, 0) is 0 Å². The van der Waals surface area contributed by atoms with Crippen LogP contribution in [0.5, 0.6) is 0 Å². The minimum atomic E-state index is -0.308. The second-order valence-electron chi connectivity index (χ2n) is 5.45. The summed E-state index contributed by atoms with van der Waals surface area (Å²) in [5.74, 6) is -0.0365. The Labute approximate surface area is 111 Å². The first-order valence-corrected chi connectivity index (χ1v) is 7.53. The van der Waals surface area contributed by atoms with Crippen molar-refractivity contribution in [3.63, 3.8) is 0 Å². The average molecular weight is 264 g/mol. The maximum absolute atomic E-state index is 13.3. The van der Waals surface area contributed by atoms with Gasteiger partial charge in [0.05, 0.1) is 0 Å². The van der Waals surface area contributed by atoms with Crippen molar-refractivity contribution < 1.29 is 9.18 Å². The molecule has 1 aromatic rings. The highest BCUT2D eigenvalue weighted by Crippen LogP contribution is 2.46. The number of hydrogen-bond acceptors (Lipinski definition) is 2. The topological polar surface area (TPSA) is 17.1 Å². The van der Waals surface area contributed by atoms with E-state index in [1.54, 1.807) is 6.07 Å². The van der Waals surface area contributed by atoms with E-state index in [0.717, 1.165) is 18.4 Å². The van der Waals surface area contributed by atoms with E-state index in [4.69, 9.17) is 0 Å². The first kappa shape index (κ1) is 12.2. The van der Waals surface area contributed by atoms with E-state index in [0.29, 0.717) is 16.1 Å². The van der Waals surface area contributed by atoms with Crippen LogP contribution in [0.2, 0.25) is 0 Å². The lowest BCUT2D eigenvalue weighted by Crippen LogP contribution is -2.25. The van der Waals surface area contributed by atoms with E-state index in [2.05, 4.69) is 0 Å². The lowest BCUT2D eigenvalue weighted by molar-refractivity contribution is 0.0906. The van der Waals surface area contributed by atoms with Crippen LogP contribution in [0.25, 0.3) is 0 Å². The molecule has 0 spiro atoms. The Morgan fingerprint density at radius 1 is 1.28 bits per heavy atom. The molecule has 2 saturated heterocycles. The van der Waals surface area contributed by atoms with Crippen LogP contribution in [0, 0.1) is 18.7 Å². The van der Waals surface area contributed by atoms with Crippen LogP contribution in [0.3, 0.4) is 0 Å². The van der Waals surface area contributed by atoms with E-state index in [-0.39, 0.29) is 17.5 Å². The summed E-state index contributed by atoms with van der Waals surface area (Å²) in [6.07, 6.45) is 4.47. The van der Waals surface area contributed by atoms with E-state index >= 15 is 0 Å². The molecule has 18 heavy (non-hydrogen) atoms. The molecule has 1 nitrogen and oxygen atoms in total. The predicted molar refractivity (Wildman–Crippen MR) is 72.6 cm³/mol. The Hall–Kier alpha value is -0.830. The number of carbonyl (C=O) groups is 1. The SMILES string of the molecule is Cc1ccc(F)cc1C(=O)C1CC2CCC(C1)S2. The maximum atomic E-state index is 13.3. The number of halogens is 1. The van der Waals surface area contributed by atoms with Crippen molar-refractivity contribution in [2.24, 2.45) is 5.92 Å². The van der Waals surface area contributed by atoms with Crippen LogP contribution >= 0.6 is 11.8 Å². The normalized spacial score (nSPS) is 30.4. The molecule has 0 aliphatic carbocycles. The Morgan fingerprint density at radius 2 is 1.94 bits per heavy atom. The van der Waals surface area contributed by atoms with Gasteiger partial charge in [-0.1, -0.05) is 6.07 Å². The molecule has 1 aromatic carbocycles. The molecule has 0 amide bonds. The van der Waals surface area contributed by atoms with Gasteiger partial charge in [-0.05, 0) is 50.3 Å².